The number of carbonyl (C=O) groups is 1. The van der Waals surface area contributed by atoms with Crippen LogP contribution in [0.15, 0.2) is 35.2 Å². The van der Waals surface area contributed by atoms with E-state index in [0.717, 1.165) is 18.2 Å². The zero-order valence-electron chi connectivity index (χ0n) is 12.7. The van der Waals surface area contributed by atoms with Gasteiger partial charge in [-0.1, -0.05) is 11.6 Å². The number of alkyl halides is 3. The molecule has 0 heterocycles. The summed E-state index contributed by atoms with van der Waals surface area (Å²) in [6.07, 6.45) is 0. The number of halogens is 5. The Bertz CT molecular complexity index is 1060. The lowest BCUT2D eigenvalue weighted by atomic mass is 10.1. The van der Waals surface area contributed by atoms with Gasteiger partial charge >= 0.3 is 11.5 Å². The Kier molecular flexibility index (Phi) is 5.35. The molecule has 0 aliphatic heterocycles. The molecule has 0 atom stereocenters. The van der Waals surface area contributed by atoms with E-state index in [-0.39, 0.29) is 10.8 Å². The van der Waals surface area contributed by atoms with Crippen LogP contribution in [0.2, 0.25) is 5.02 Å². The topological polar surface area (TPSA) is 104 Å². The number of carboxylic acid groups (broad SMARTS) is 1. The first-order valence-electron chi connectivity index (χ1n) is 6.64. The molecule has 2 aromatic carbocycles. The highest BCUT2D eigenvalue weighted by molar-refractivity contribution is 7.92. The second-order valence-corrected chi connectivity index (χ2v) is 7.23. The molecule has 0 saturated carbocycles. The second-order valence-electron chi connectivity index (χ2n) is 4.89. The summed E-state index contributed by atoms with van der Waals surface area (Å²) >= 11 is 5.62. The largest absolute Gasteiger partial charge is 0.501 e. The van der Waals surface area contributed by atoms with Gasteiger partial charge < -0.3 is 9.84 Å². The minimum Gasteiger partial charge on any atom is -0.478 e. The van der Waals surface area contributed by atoms with Crippen molar-refractivity contribution in [2.75, 3.05) is 0 Å². The quantitative estimate of drug-likeness (QED) is 0.741. The van der Waals surface area contributed by atoms with E-state index < -0.39 is 48.9 Å². The molecular formula is C15H6ClF4NO5S. The van der Waals surface area contributed by atoms with Crippen LogP contribution in [-0.2, 0) is 9.84 Å². The van der Waals surface area contributed by atoms with Gasteiger partial charge in [-0.2, -0.15) is 18.4 Å². The molecule has 1 N–H and O–H groups in total. The van der Waals surface area contributed by atoms with Crippen molar-refractivity contribution in [3.8, 4) is 17.6 Å². The van der Waals surface area contributed by atoms with E-state index in [0.29, 0.717) is 12.1 Å². The van der Waals surface area contributed by atoms with Gasteiger partial charge in [-0.25, -0.2) is 17.6 Å². The van der Waals surface area contributed by atoms with Gasteiger partial charge in [-0.3, -0.25) is 0 Å². The van der Waals surface area contributed by atoms with E-state index >= 15 is 0 Å². The first-order valence-corrected chi connectivity index (χ1v) is 8.50. The summed E-state index contributed by atoms with van der Waals surface area (Å²) in [4.78, 5) is 9.75. The fourth-order valence-corrected chi connectivity index (χ4v) is 3.20. The number of benzene rings is 2. The molecule has 0 spiro atoms. The third-order valence-corrected chi connectivity index (χ3v) is 4.86. The standard InChI is InChI=1S/C15H6ClF4NO5S/c16-7-3-8(17)5-9(4-7)26-11-1-2-12(27(24,25)15(18,19)20)13(14(22)23)10(11)6-21/h1-5H,(H,22,23). The van der Waals surface area contributed by atoms with Crippen LogP contribution in [0, 0.1) is 17.1 Å². The molecule has 142 valence electrons. The molecule has 27 heavy (non-hydrogen) atoms. The van der Waals surface area contributed by atoms with E-state index in [2.05, 4.69) is 0 Å². The fourth-order valence-electron chi connectivity index (χ4n) is 2.04. The first kappa shape index (κ1) is 20.5. The number of ether oxygens (including phenoxy) is 1. The van der Waals surface area contributed by atoms with Gasteiger partial charge in [0.15, 0.2) is 0 Å². The number of aromatic carboxylic acids is 1. The van der Waals surface area contributed by atoms with Crippen LogP contribution in [0.25, 0.3) is 0 Å². The second kappa shape index (κ2) is 7.05. The molecule has 0 radical (unpaired) electrons. The van der Waals surface area contributed by atoms with Crippen LogP contribution in [0.1, 0.15) is 15.9 Å². The number of nitrogens with zero attached hydrogens (tertiary/aromatic N) is 1. The molecule has 0 bridgehead atoms. The number of nitriles is 1. The maximum atomic E-state index is 13.3. The third-order valence-electron chi connectivity index (χ3n) is 3.11. The molecular weight excluding hydrogens is 418 g/mol. The Hall–Kier alpha value is -2.84. The monoisotopic (exact) mass is 423 g/mol. The number of rotatable bonds is 4. The molecule has 2 rings (SSSR count). The predicted molar refractivity (Wildman–Crippen MR) is 82.8 cm³/mol. The Labute approximate surface area is 154 Å². The van der Waals surface area contributed by atoms with E-state index in [4.69, 9.17) is 26.7 Å². The summed E-state index contributed by atoms with van der Waals surface area (Å²) in [6, 6.07) is 5.11. The molecule has 12 heteroatoms. The van der Waals surface area contributed by atoms with Crippen LogP contribution in [0.4, 0.5) is 17.6 Å². The van der Waals surface area contributed by atoms with Gasteiger partial charge in [-0.05, 0) is 24.3 Å². The third kappa shape index (κ3) is 3.96. The van der Waals surface area contributed by atoms with Gasteiger partial charge in [-0.15, -0.1) is 0 Å². The van der Waals surface area contributed by atoms with Crippen molar-refractivity contribution >= 4 is 27.4 Å². The highest BCUT2D eigenvalue weighted by Gasteiger charge is 2.49. The van der Waals surface area contributed by atoms with Crippen molar-refractivity contribution in [2.24, 2.45) is 0 Å². The lowest BCUT2D eigenvalue weighted by Gasteiger charge is -2.14. The van der Waals surface area contributed by atoms with E-state index in [1.807, 2.05) is 0 Å². The Morgan fingerprint density at radius 3 is 2.33 bits per heavy atom. The van der Waals surface area contributed by atoms with Crippen LogP contribution in [-0.4, -0.2) is 25.0 Å². The maximum Gasteiger partial charge on any atom is 0.501 e. The van der Waals surface area contributed by atoms with Gasteiger partial charge in [0, 0.05) is 11.1 Å². The maximum absolute atomic E-state index is 13.3. The van der Waals surface area contributed by atoms with Crippen LogP contribution < -0.4 is 4.74 Å². The average molecular weight is 424 g/mol. The minimum absolute atomic E-state index is 0.113. The number of carboxylic acids is 1. The summed E-state index contributed by atoms with van der Waals surface area (Å²) in [5.74, 6) is -3.83. The molecule has 0 amide bonds. The Balaban J connectivity index is 2.72. The van der Waals surface area contributed by atoms with Crippen LogP contribution in [0.5, 0.6) is 11.5 Å². The number of hydrogen-bond acceptors (Lipinski definition) is 5. The molecule has 2 aromatic rings. The van der Waals surface area contributed by atoms with Crippen molar-refractivity contribution < 1.29 is 40.6 Å². The van der Waals surface area contributed by atoms with Crippen molar-refractivity contribution in [3.05, 3.63) is 52.3 Å². The number of hydrogen-bond donors (Lipinski definition) is 1. The van der Waals surface area contributed by atoms with Gasteiger partial charge in [0.1, 0.15) is 28.9 Å². The molecule has 0 saturated heterocycles. The zero-order chi connectivity index (χ0) is 20.6. The van der Waals surface area contributed by atoms with Crippen LogP contribution in [0.3, 0.4) is 0 Å². The Morgan fingerprint density at radius 2 is 1.85 bits per heavy atom. The zero-order valence-corrected chi connectivity index (χ0v) is 14.3. The molecule has 0 aromatic heterocycles. The average Bonchev–Trinajstić information content (AvgIpc) is 2.51. The smallest absolute Gasteiger partial charge is 0.478 e. The first-order chi connectivity index (χ1) is 12.4. The molecule has 0 aliphatic carbocycles. The SMILES string of the molecule is N#Cc1c(Oc2cc(F)cc(Cl)c2)ccc(S(=O)(=O)C(F)(F)F)c1C(=O)O. The normalized spacial score (nSPS) is 11.7. The van der Waals surface area contributed by atoms with E-state index in [1.165, 1.54) is 6.07 Å². The lowest BCUT2D eigenvalue weighted by Crippen LogP contribution is -2.26. The molecule has 6 nitrogen and oxygen atoms in total. The summed E-state index contributed by atoms with van der Waals surface area (Å²) in [5, 5.41) is 18.2. The summed E-state index contributed by atoms with van der Waals surface area (Å²) in [5.41, 5.74) is -8.20. The van der Waals surface area contributed by atoms with Crippen molar-refractivity contribution in [1.82, 2.24) is 0 Å². The summed E-state index contributed by atoms with van der Waals surface area (Å²) in [6.45, 7) is 0. The Morgan fingerprint density at radius 1 is 1.22 bits per heavy atom. The van der Waals surface area contributed by atoms with Gasteiger partial charge in [0.2, 0.25) is 0 Å². The summed E-state index contributed by atoms with van der Waals surface area (Å²) < 4.78 is 80.0. The van der Waals surface area contributed by atoms with E-state index in [1.54, 1.807) is 0 Å². The van der Waals surface area contributed by atoms with Crippen molar-refractivity contribution in [3.63, 3.8) is 0 Å². The summed E-state index contributed by atoms with van der Waals surface area (Å²) in [7, 11) is -6.06. The minimum atomic E-state index is -6.06. The fraction of sp³-hybridized carbons (Fsp3) is 0.0667. The molecule has 0 fully saturated rings. The molecule has 0 unspecified atom stereocenters. The molecule has 0 aliphatic rings. The van der Waals surface area contributed by atoms with Crippen molar-refractivity contribution in [1.29, 1.82) is 5.26 Å². The van der Waals surface area contributed by atoms with E-state index in [9.17, 15) is 30.8 Å². The van der Waals surface area contributed by atoms with Gasteiger partial charge in [0.25, 0.3) is 9.84 Å². The highest BCUT2D eigenvalue weighted by Crippen LogP contribution is 2.37. The number of sulfone groups is 1. The van der Waals surface area contributed by atoms with Crippen LogP contribution >= 0.6 is 11.6 Å². The lowest BCUT2D eigenvalue weighted by molar-refractivity contribution is -0.0436. The van der Waals surface area contributed by atoms with Crippen molar-refractivity contribution in [2.45, 2.75) is 10.4 Å². The highest BCUT2D eigenvalue weighted by atomic mass is 35.5. The van der Waals surface area contributed by atoms with Gasteiger partial charge in [0.05, 0.1) is 10.5 Å². The predicted octanol–water partition coefficient (Wildman–Crippen LogP) is 4.13.